The second kappa shape index (κ2) is 11.1. The Morgan fingerprint density at radius 2 is 2.13 bits per heavy atom. The smallest absolute Gasteiger partial charge is 0.241 e. The highest BCUT2D eigenvalue weighted by Crippen LogP contribution is 2.25. The van der Waals surface area contributed by atoms with E-state index in [2.05, 4.69) is 10.3 Å². The third-order valence-corrected chi connectivity index (χ3v) is 7.62. The minimum atomic E-state index is -3.82. The van der Waals surface area contributed by atoms with Gasteiger partial charge in [-0.15, -0.1) is 11.3 Å². The summed E-state index contributed by atoms with van der Waals surface area (Å²) in [5, 5.41) is 4.37. The van der Waals surface area contributed by atoms with Gasteiger partial charge in [0, 0.05) is 61.7 Å². The molecule has 11 heteroatoms. The van der Waals surface area contributed by atoms with E-state index in [9.17, 15) is 13.2 Å². The lowest BCUT2D eigenvalue weighted by atomic mass is 10.2. The Morgan fingerprint density at radius 1 is 1.35 bits per heavy atom. The first-order chi connectivity index (χ1) is 14.9. The van der Waals surface area contributed by atoms with Crippen molar-refractivity contribution >= 4 is 50.6 Å². The summed E-state index contributed by atoms with van der Waals surface area (Å²) >= 11 is 7.19. The minimum absolute atomic E-state index is 0.105. The molecule has 3 heterocycles. The zero-order valence-corrected chi connectivity index (χ0v) is 19.5. The molecule has 2 aromatic rings. The van der Waals surface area contributed by atoms with Crippen molar-refractivity contribution in [1.29, 1.82) is 0 Å². The van der Waals surface area contributed by atoms with Crippen molar-refractivity contribution in [3.05, 3.63) is 51.3 Å². The Labute approximate surface area is 191 Å². The van der Waals surface area contributed by atoms with E-state index in [1.807, 2.05) is 12.1 Å². The molecule has 0 spiro atoms. The van der Waals surface area contributed by atoms with Gasteiger partial charge in [0.25, 0.3) is 0 Å². The molecule has 1 saturated heterocycles. The molecule has 1 amide bonds. The first-order valence-electron chi connectivity index (χ1n) is 9.77. The van der Waals surface area contributed by atoms with Crippen molar-refractivity contribution in [3.63, 3.8) is 0 Å². The van der Waals surface area contributed by atoms with Gasteiger partial charge in [0.15, 0.2) is 0 Å². The maximum absolute atomic E-state index is 13.0. The number of hydrogen-bond donors (Lipinski definition) is 1. The SMILES string of the molecule is COCCN(C1CCN(CCNc2ccncc2)C1=O)S(=O)(=O)C=Cc1ccc(Cl)s1. The highest BCUT2D eigenvalue weighted by atomic mass is 35.5. The Balaban J connectivity index is 1.65. The van der Waals surface area contributed by atoms with E-state index < -0.39 is 16.1 Å². The number of methoxy groups -OCH3 is 1. The van der Waals surface area contributed by atoms with Gasteiger partial charge in [-0.2, -0.15) is 4.31 Å². The lowest BCUT2D eigenvalue weighted by Crippen LogP contribution is -2.46. The van der Waals surface area contributed by atoms with E-state index in [1.165, 1.54) is 28.8 Å². The standard InChI is InChI=1S/C20H25ClN4O4S2/c1-29-14-13-25(31(27,28)15-7-17-2-3-19(21)30-17)18-6-11-24(20(18)26)12-10-23-16-4-8-22-9-5-16/h2-5,7-9,15,18H,6,10-14H2,1H3,(H,22,23). The number of amides is 1. The number of carbonyl (C=O) groups excluding carboxylic acids is 1. The molecule has 1 aliphatic rings. The fourth-order valence-corrected chi connectivity index (χ4v) is 5.71. The van der Waals surface area contributed by atoms with Gasteiger partial charge in [0.05, 0.1) is 10.9 Å². The van der Waals surface area contributed by atoms with E-state index in [0.717, 1.165) is 16.0 Å². The van der Waals surface area contributed by atoms with Crippen molar-refractivity contribution < 1.29 is 17.9 Å². The molecule has 168 valence electrons. The monoisotopic (exact) mass is 484 g/mol. The molecule has 0 saturated carbocycles. The highest BCUT2D eigenvalue weighted by Gasteiger charge is 2.40. The number of rotatable bonds is 11. The lowest BCUT2D eigenvalue weighted by molar-refractivity contribution is -0.130. The second-order valence-corrected chi connectivity index (χ2v) is 10.4. The van der Waals surface area contributed by atoms with Gasteiger partial charge in [-0.05, 0) is 36.8 Å². The van der Waals surface area contributed by atoms with Crippen molar-refractivity contribution in [2.45, 2.75) is 12.5 Å². The van der Waals surface area contributed by atoms with Crippen LogP contribution < -0.4 is 5.32 Å². The van der Waals surface area contributed by atoms with Gasteiger partial charge in [-0.25, -0.2) is 8.42 Å². The van der Waals surface area contributed by atoms with Crippen LogP contribution in [0, 0.1) is 0 Å². The average Bonchev–Trinajstić information content (AvgIpc) is 3.33. The summed E-state index contributed by atoms with van der Waals surface area (Å²) in [6.45, 7) is 1.86. The zero-order chi connectivity index (χ0) is 22.3. The molecule has 0 bridgehead atoms. The number of sulfonamides is 1. The van der Waals surface area contributed by atoms with Crippen molar-refractivity contribution in [2.75, 3.05) is 45.2 Å². The maximum Gasteiger partial charge on any atom is 0.241 e. The molecular formula is C20H25ClN4O4S2. The molecule has 1 aliphatic heterocycles. The minimum Gasteiger partial charge on any atom is -0.383 e. The third-order valence-electron chi connectivity index (χ3n) is 4.85. The number of aromatic nitrogens is 1. The zero-order valence-electron chi connectivity index (χ0n) is 17.1. The quantitative estimate of drug-likeness (QED) is 0.527. The van der Waals surface area contributed by atoms with E-state index in [1.54, 1.807) is 29.4 Å². The molecule has 1 atom stereocenters. The van der Waals surface area contributed by atoms with Gasteiger partial charge in [0.1, 0.15) is 6.04 Å². The van der Waals surface area contributed by atoms with E-state index >= 15 is 0 Å². The van der Waals surface area contributed by atoms with Crippen LogP contribution in [-0.2, 0) is 19.6 Å². The van der Waals surface area contributed by atoms with Crippen LogP contribution in [0.5, 0.6) is 0 Å². The number of pyridine rings is 1. The van der Waals surface area contributed by atoms with Crippen LogP contribution in [0.1, 0.15) is 11.3 Å². The Hall–Kier alpha value is -1.98. The van der Waals surface area contributed by atoms with E-state index in [-0.39, 0.29) is 19.1 Å². The number of thiophene rings is 1. The molecule has 1 unspecified atom stereocenters. The molecule has 0 aliphatic carbocycles. The molecule has 31 heavy (non-hydrogen) atoms. The van der Waals surface area contributed by atoms with Gasteiger partial charge >= 0.3 is 0 Å². The summed E-state index contributed by atoms with van der Waals surface area (Å²) in [7, 11) is -2.32. The molecule has 0 aromatic carbocycles. The third kappa shape index (κ3) is 6.50. The van der Waals surface area contributed by atoms with Crippen molar-refractivity contribution in [3.8, 4) is 0 Å². The highest BCUT2D eigenvalue weighted by molar-refractivity contribution is 7.92. The summed E-state index contributed by atoms with van der Waals surface area (Å²) in [4.78, 5) is 19.4. The van der Waals surface area contributed by atoms with Crippen LogP contribution in [-0.4, -0.2) is 74.5 Å². The van der Waals surface area contributed by atoms with Gasteiger partial charge in [0.2, 0.25) is 15.9 Å². The molecule has 3 rings (SSSR count). The predicted octanol–water partition coefficient (Wildman–Crippen LogP) is 2.76. The van der Waals surface area contributed by atoms with Crippen LogP contribution in [0.4, 0.5) is 5.69 Å². The number of carbonyl (C=O) groups is 1. The summed E-state index contributed by atoms with van der Waals surface area (Å²) in [6.07, 6.45) is 5.32. The lowest BCUT2D eigenvalue weighted by Gasteiger charge is -2.26. The first-order valence-corrected chi connectivity index (χ1v) is 12.5. The second-order valence-electron chi connectivity index (χ2n) is 6.89. The van der Waals surface area contributed by atoms with Crippen LogP contribution in [0.3, 0.4) is 0 Å². The molecule has 8 nitrogen and oxygen atoms in total. The molecular weight excluding hydrogens is 460 g/mol. The summed E-state index contributed by atoms with van der Waals surface area (Å²) in [6, 6.07) is 6.41. The van der Waals surface area contributed by atoms with Crippen LogP contribution >= 0.6 is 22.9 Å². The fraction of sp³-hybridized carbons (Fsp3) is 0.400. The van der Waals surface area contributed by atoms with Gasteiger partial charge < -0.3 is 15.0 Å². The molecule has 2 aromatic heterocycles. The van der Waals surface area contributed by atoms with E-state index in [0.29, 0.717) is 30.4 Å². The maximum atomic E-state index is 13.0. The average molecular weight is 485 g/mol. The van der Waals surface area contributed by atoms with Gasteiger partial charge in [-0.3, -0.25) is 9.78 Å². The van der Waals surface area contributed by atoms with Crippen molar-refractivity contribution in [1.82, 2.24) is 14.2 Å². The van der Waals surface area contributed by atoms with Gasteiger partial charge in [-0.1, -0.05) is 11.6 Å². The van der Waals surface area contributed by atoms with E-state index in [4.69, 9.17) is 16.3 Å². The van der Waals surface area contributed by atoms with Crippen LogP contribution in [0.15, 0.2) is 42.1 Å². The normalized spacial score (nSPS) is 17.2. The van der Waals surface area contributed by atoms with Crippen molar-refractivity contribution in [2.24, 2.45) is 0 Å². The van der Waals surface area contributed by atoms with Crippen LogP contribution in [0.2, 0.25) is 4.34 Å². The first kappa shape index (κ1) is 23.7. The number of halogens is 1. The predicted molar refractivity (Wildman–Crippen MR) is 124 cm³/mol. The number of hydrogen-bond acceptors (Lipinski definition) is 7. The largest absolute Gasteiger partial charge is 0.383 e. The summed E-state index contributed by atoms with van der Waals surface area (Å²) in [5.41, 5.74) is 0.918. The molecule has 1 fully saturated rings. The Kier molecular flexibility index (Phi) is 8.44. The Morgan fingerprint density at radius 3 is 2.81 bits per heavy atom. The number of nitrogens with zero attached hydrogens (tertiary/aromatic N) is 3. The summed E-state index contributed by atoms with van der Waals surface area (Å²) in [5.74, 6) is -0.191. The molecule has 0 radical (unpaired) electrons. The fourth-order valence-electron chi connectivity index (χ4n) is 3.31. The number of likely N-dealkylation sites (tertiary alicyclic amines) is 1. The number of ether oxygens (including phenoxy) is 1. The van der Waals surface area contributed by atoms with Crippen LogP contribution in [0.25, 0.3) is 6.08 Å². The Bertz CT molecular complexity index is 998. The topological polar surface area (TPSA) is 91.8 Å². The molecule has 1 N–H and O–H groups in total. The number of nitrogens with one attached hydrogen (secondary N) is 1. The number of anilines is 1. The summed E-state index contributed by atoms with van der Waals surface area (Å²) < 4.78 is 32.9.